The number of benzene rings is 1. The second kappa shape index (κ2) is 11.3. The fraction of sp³-hybridized carbons (Fsp3) is 0.667. The Labute approximate surface area is 195 Å². The molecule has 0 unspecified atom stereocenters. The van der Waals surface area contributed by atoms with Gasteiger partial charge in [-0.1, -0.05) is 24.4 Å². The first-order chi connectivity index (χ1) is 15.6. The number of nitrogens with one attached hydrogen (secondary N) is 1. The molecule has 3 aliphatic rings. The van der Waals surface area contributed by atoms with Crippen molar-refractivity contribution in [2.75, 3.05) is 45.9 Å². The van der Waals surface area contributed by atoms with Gasteiger partial charge in [0.1, 0.15) is 5.75 Å². The summed E-state index contributed by atoms with van der Waals surface area (Å²) in [5.74, 6) is 1.12. The third-order valence-corrected chi connectivity index (χ3v) is 7.13. The monoisotopic (exact) mass is 463 g/mol. The molecule has 176 valence electrons. The number of hydrogen-bond acceptors (Lipinski definition) is 5. The number of halogens is 1. The van der Waals surface area contributed by atoms with Crippen molar-refractivity contribution >= 4 is 23.4 Å². The molecule has 8 heteroatoms. The van der Waals surface area contributed by atoms with Gasteiger partial charge in [-0.05, 0) is 55.9 Å². The van der Waals surface area contributed by atoms with Gasteiger partial charge in [0.2, 0.25) is 5.91 Å². The Morgan fingerprint density at radius 1 is 1.06 bits per heavy atom. The molecule has 0 spiro atoms. The largest absolute Gasteiger partial charge is 0.484 e. The van der Waals surface area contributed by atoms with Crippen LogP contribution in [0.15, 0.2) is 24.3 Å². The highest BCUT2D eigenvalue weighted by Gasteiger charge is 2.37. The number of hydrogen-bond donors (Lipinski definition) is 1. The van der Waals surface area contributed by atoms with Crippen molar-refractivity contribution in [2.24, 2.45) is 5.92 Å². The van der Waals surface area contributed by atoms with E-state index in [4.69, 9.17) is 21.1 Å². The van der Waals surface area contributed by atoms with E-state index in [1.165, 1.54) is 12.8 Å². The van der Waals surface area contributed by atoms with Crippen LogP contribution in [0.4, 0.5) is 0 Å². The highest BCUT2D eigenvalue weighted by Crippen LogP contribution is 2.31. The van der Waals surface area contributed by atoms with Gasteiger partial charge in [-0.2, -0.15) is 0 Å². The van der Waals surface area contributed by atoms with Gasteiger partial charge in [-0.25, -0.2) is 0 Å². The van der Waals surface area contributed by atoms with Gasteiger partial charge in [0.05, 0.1) is 12.1 Å². The Morgan fingerprint density at radius 3 is 2.44 bits per heavy atom. The fourth-order valence-corrected chi connectivity index (χ4v) is 5.22. The SMILES string of the molecule is O=C(NC[C@@H]1CCCO1)[C@H](C1CCCC1)N1CCN(C(=O)COc2ccc(Cl)cc2)CC1. The van der Waals surface area contributed by atoms with Crippen molar-refractivity contribution in [3.05, 3.63) is 29.3 Å². The van der Waals surface area contributed by atoms with Crippen LogP contribution >= 0.6 is 11.6 Å². The lowest BCUT2D eigenvalue weighted by Gasteiger charge is -2.40. The summed E-state index contributed by atoms with van der Waals surface area (Å²) >= 11 is 5.89. The van der Waals surface area contributed by atoms with Crippen LogP contribution in [-0.4, -0.2) is 79.7 Å². The average Bonchev–Trinajstić information content (AvgIpc) is 3.52. The first-order valence-electron chi connectivity index (χ1n) is 11.9. The Morgan fingerprint density at radius 2 is 1.78 bits per heavy atom. The summed E-state index contributed by atoms with van der Waals surface area (Å²) in [6, 6.07) is 6.89. The van der Waals surface area contributed by atoms with Crippen molar-refractivity contribution in [3.8, 4) is 5.75 Å². The van der Waals surface area contributed by atoms with Gasteiger partial charge in [0, 0.05) is 44.4 Å². The number of ether oxygens (including phenoxy) is 2. The van der Waals surface area contributed by atoms with Crippen LogP contribution in [-0.2, 0) is 14.3 Å². The van der Waals surface area contributed by atoms with E-state index >= 15 is 0 Å². The number of nitrogens with zero attached hydrogens (tertiary/aromatic N) is 2. The Kier molecular flexibility index (Phi) is 8.27. The number of amides is 2. The molecule has 1 N–H and O–H groups in total. The summed E-state index contributed by atoms with van der Waals surface area (Å²) in [6.07, 6.45) is 6.84. The molecule has 1 saturated carbocycles. The van der Waals surface area contributed by atoms with Crippen molar-refractivity contribution in [2.45, 2.75) is 50.7 Å². The molecular formula is C24H34ClN3O4. The first-order valence-corrected chi connectivity index (χ1v) is 12.3. The Bertz CT molecular complexity index is 755. The highest BCUT2D eigenvalue weighted by atomic mass is 35.5. The lowest BCUT2D eigenvalue weighted by Crippen LogP contribution is -2.58. The topological polar surface area (TPSA) is 71.1 Å². The van der Waals surface area contributed by atoms with Crippen LogP contribution in [0.25, 0.3) is 0 Å². The molecule has 2 amide bonds. The normalized spacial score (nSPS) is 23.3. The smallest absolute Gasteiger partial charge is 0.260 e. The van der Waals surface area contributed by atoms with Gasteiger partial charge >= 0.3 is 0 Å². The van der Waals surface area contributed by atoms with Gasteiger partial charge in [-0.15, -0.1) is 0 Å². The van der Waals surface area contributed by atoms with Crippen molar-refractivity contribution in [3.63, 3.8) is 0 Å². The zero-order valence-corrected chi connectivity index (χ0v) is 19.4. The van der Waals surface area contributed by atoms with Gasteiger partial charge in [0.25, 0.3) is 5.91 Å². The number of carbonyl (C=O) groups excluding carboxylic acids is 2. The predicted molar refractivity (Wildman–Crippen MR) is 123 cm³/mol. The average molecular weight is 464 g/mol. The first kappa shape index (κ1) is 23.3. The Balaban J connectivity index is 1.27. The molecule has 3 fully saturated rings. The molecule has 1 aromatic carbocycles. The molecular weight excluding hydrogens is 430 g/mol. The van der Waals surface area contributed by atoms with E-state index in [9.17, 15) is 9.59 Å². The molecule has 1 aromatic rings. The van der Waals surface area contributed by atoms with Crippen molar-refractivity contribution in [1.29, 1.82) is 0 Å². The summed E-state index contributed by atoms with van der Waals surface area (Å²) in [7, 11) is 0. The van der Waals surface area contributed by atoms with E-state index in [2.05, 4.69) is 10.2 Å². The summed E-state index contributed by atoms with van der Waals surface area (Å²) < 4.78 is 11.3. The zero-order chi connectivity index (χ0) is 22.3. The lowest BCUT2D eigenvalue weighted by molar-refractivity contribution is -0.137. The molecule has 7 nitrogen and oxygen atoms in total. The van der Waals surface area contributed by atoms with E-state index in [1.807, 2.05) is 4.90 Å². The highest BCUT2D eigenvalue weighted by molar-refractivity contribution is 6.30. The molecule has 0 bridgehead atoms. The molecule has 4 rings (SSSR count). The molecule has 2 atom stereocenters. The minimum absolute atomic E-state index is 0.00948. The van der Waals surface area contributed by atoms with Gasteiger partial charge < -0.3 is 19.7 Å². The predicted octanol–water partition coefficient (Wildman–Crippen LogP) is 2.72. The minimum Gasteiger partial charge on any atom is -0.484 e. The van der Waals surface area contributed by atoms with E-state index in [0.717, 1.165) is 32.3 Å². The number of piperazine rings is 1. The summed E-state index contributed by atoms with van der Waals surface area (Å²) in [6.45, 7) is 4.06. The quantitative estimate of drug-likeness (QED) is 0.641. The standard InChI is InChI=1S/C24H34ClN3O4/c25-19-7-9-20(10-8-19)32-17-22(29)27-11-13-28(14-12-27)23(18-4-1-2-5-18)24(30)26-16-21-6-3-15-31-21/h7-10,18,21,23H,1-6,11-17H2,(H,26,30)/t21-,23-/m0/s1. The molecule has 2 heterocycles. The van der Waals surface area contributed by atoms with E-state index in [1.54, 1.807) is 24.3 Å². The molecule has 2 saturated heterocycles. The van der Waals surface area contributed by atoms with Crippen LogP contribution in [0.1, 0.15) is 38.5 Å². The van der Waals surface area contributed by atoms with E-state index < -0.39 is 0 Å². The maximum absolute atomic E-state index is 13.2. The van der Waals surface area contributed by atoms with Crippen molar-refractivity contribution < 1.29 is 19.1 Å². The third-order valence-electron chi connectivity index (χ3n) is 6.88. The minimum atomic E-state index is -0.110. The summed E-state index contributed by atoms with van der Waals surface area (Å²) in [5, 5.41) is 3.80. The lowest BCUT2D eigenvalue weighted by atomic mass is 9.95. The van der Waals surface area contributed by atoms with Gasteiger partial charge in [0.15, 0.2) is 6.61 Å². The Hall–Kier alpha value is -1.83. The molecule has 32 heavy (non-hydrogen) atoms. The van der Waals surface area contributed by atoms with Crippen LogP contribution in [0.3, 0.4) is 0 Å². The zero-order valence-electron chi connectivity index (χ0n) is 18.6. The number of rotatable bonds is 8. The summed E-state index contributed by atoms with van der Waals surface area (Å²) in [5.41, 5.74) is 0. The van der Waals surface area contributed by atoms with Gasteiger partial charge in [-0.3, -0.25) is 14.5 Å². The summed E-state index contributed by atoms with van der Waals surface area (Å²) in [4.78, 5) is 29.9. The molecule has 0 radical (unpaired) electrons. The second-order valence-corrected chi connectivity index (χ2v) is 9.47. The van der Waals surface area contributed by atoms with Crippen molar-refractivity contribution in [1.82, 2.24) is 15.1 Å². The fourth-order valence-electron chi connectivity index (χ4n) is 5.09. The van der Waals surface area contributed by atoms with Crippen LogP contribution < -0.4 is 10.1 Å². The molecule has 2 aliphatic heterocycles. The van der Waals surface area contributed by atoms with Crippen LogP contribution in [0.5, 0.6) is 5.75 Å². The second-order valence-electron chi connectivity index (χ2n) is 9.03. The van der Waals surface area contributed by atoms with Crippen LogP contribution in [0.2, 0.25) is 5.02 Å². The van der Waals surface area contributed by atoms with E-state index in [0.29, 0.717) is 49.4 Å². The maximum atomic E-state index is 13.2. The third kappa shape index (κ3) is 6.15. The van der Waals surface area contributed by atoms with Crippen LogP contribution in [0, 0.1) is 5.92 Å². The number of carbonyl (C=O) groups is 2. The maximum Gasteiger partial charge on any atom is 0.260 e. The van der Waals surface area contributed by atoms with E-state index in [-0.39, 0.29) is 30.6 Å². The molecule has 0 aromatic heterocycles. The molecule has 1 aliphatic carbocycles.